The van der Waals surface area contributed by atoms with Gasteiger partial charge in [0.15, 0.2) is 0 Å². The molecule has 1 amide bonds. The Bertz CT molecular complexity index is 137. The Labute approximate surface area is 80.8 Å². The molecule has 0 heterocycles. The SMILES string of the molecule is CCC[C@H](C)OCCCNC(C)=O. The topological polar surface area (TPSA) is 38.3 Å². The van der Waals surface area contributed by atoms with E-state index in [4.69, 9.17) is 4.74 Å². The highest BCUT2D eigenvalue weighted by atomic mass is 16.5. The summed E-state index contributed by atoms with van der Waals surface area (Å²) in [5.74, 6) is 0.0293. The lowest BCUT2D eigenvalue weighted by Crippen LogP contribution is -2.22. The number of amides is 1. The number of ether oxygens (including phenoxy) is 1. The Kier molecular flexibility index (Phi) is 7.69. The fraction of sp³-hybridized carbons (Fsp3) is 0.900. The van der Waals surface area contributed by atoms with Crippen LogP contribution in [0.3, 0.4) is 0 Å². The summed E-state index contributed by atoms with van der Waals surface area (Å²) in [7, 11) is 0. The van der Waals surface area contributed by atoms with Crippen molar-refractivity contribution in [3.63, 3.8) is 0 Å². The van der Waals surface area contributed by atoms with Crippen molar-refractivity contribution in [2.24, 2.45) is 0 Å². The minimum atomic E-state index is 0.0293. The largest absolute Gasteiger partial charge is 0.378 e. The summed E-state index contributed by atoms with van der Waals surface area (Å²) in [6, 6.07) is 0. The van der Waals surface area contributed by atoms with E-state index in [1.807, 2.05) is 0 Å². The van der Waals surface area contributed by atoms with Gasteiger partial charge in [0.25, 0.3) is 0 Å². The molecule has 0 aliphatic carbocycles. The molecule has 0 radical (unpaired) electrons. The smallest absolute Gasteiger partial charge is 0.216 e. The second-order valence-corrected chi connectivity index (χ2v) is 3.31. The Morgan fingerprint density at radius 1 is 1.54 bits per heavy atom. The molecule has 0 aliphatic rings. The molecule has 0 saturated carbocycles. The zero-order chi connectivity index (χ0) is 10.1. The number of hydrogen-bond acceptors (Lipinski definition) is 2. The van der Waals surface area contributed by atoms with E-state index < -0.39 is 0 Å². The Balaban J connectivity index is 3.11. The first-order valence-corrected chi connectivity index (χ1v) is 5.02. The quantitative estimate of drug-likeness (QED) is 0.616. The zero-order valence-corrected chi connectivity index (χ0v) is 8.93. The van der Waals surface area contributed by atoms with E-state index in [-0.39, 0.29) is 5.91 Å². The highest BCUT2D eigenvalue weighted by Crippen LogP contribution is 2.00. The van der Waals surface area contributed by atoms with Crippen molar-refractivity contribution in [2.45, 2.75) is 46.1 Å². The van der Waals surface area contributed by atoms with Crippen molar-refractivity contribution in [1.82, 2.24) is 5.32 Å². The lowest BCUT2D eigenvalue weighted by Gasteiger charge is -2.11. The van der Waals surface area contributed by atoms with Crippen LogP contribution in [0.5, 0.6) is 0 Å². The van der Waals surface area contributed by atoms with Crippen molar-refractivity contribution in [3.8, 4) is 0 Å². The molecule has 0 saturated heterocycles. The first kappa shape index (κ1) is 12.4. The van der Waals surface area contributed by atoms with E-state index in [9.17, 15) is 4.79 Å². The molecule has 0 aromatic carbocycles. The Hall–Kier alpha value is -0.570. The van der Waals surface area contributed by atoms with Crippen LogP contribution in [0.25, 0.3) is 0 Å². The van der Waals surface area contributed by atoms with Crippen LogP contribution in [0.4, 0.5) is 0 Å². The van der Waals surface area contributed by atoms with Crippen LogP contribution in [-0.4, -0.2) is 25.2 Å². The predicted molar refractivity (Wildman–Crippen MR) is 53.6 cm³/mol. The van der Waals surface area contributed by atoms with Crippen molar-refractivity contribution < 1.29 is 9.53 Å². The van der Waals surface area contributed by atoms with Crippen LogP contribution in [0.15, 0.2) is 0 Å². The maximum atomic E-state index is 10.5. The summed E-state index contributed by atoms with van der Waals surface area (Å²) >= 11 is 0. The van der Waals surface area contributed by atoms with E-state index in [2.05, 4.69) is 19.2 Å². The predicted octanol–water partition coefficient (Wildman–Crippen LogP) is 1.72. The van der Waals surface area contributed by atoms with Gasteiger partial charge in [0.05, 0.1) is 6.10 Å². The average molecular weight is 187 g/mol. The van der Waals surface area contributed by atoms with Gasteiger partial charge >= 0.3 is 0 Å². The summed E-state index contributed by atoms with van der Waals surface area (Å²) in [5.41, 5.74) is 0. The first-order valence-electron chi connectivity index (χ1n) is 5.02. The molecular weight excluding hydrogens is 166 g/mol. The minimum absolute atomic E-state index is 0.0293. The molecular formula is C10H21NO2. The molecule has 1 N–H and O–H groups in total. The lowest BCUT2D eigenvalue weighted by molar-refractivity contribution is -0.119. The van der Waals surface area contributed by atoms with Crippen molar-refractivity contribution >= 4 is 5.91 Å². The molecule has 78 valence electrons. The molecule has 1 atom stereocenters. The summed E-state index contributed by atoms with van der Waals surface area (Å²) in [6.45, 7) is 7.22. The van der Waals surface area contributed by atoms with E-state index in [0.717, 1.165) is 25.9 Å². The van der Waals surface area contributed by atoms with Gasteiger partial charge in [-0.3, -0.25) is 4.79 Å². The van der Waals surface area contributed by atoms with Crippen LogP contribution in [0.1, 0.15) is 40.0 Å². The van der Waals surface area contributed by atoms with Crippen LogP contribution >= 0.6 is 0 Å². The molecule has 0 aromatic rings. The highest BCUT2D eigenvalue weighted by molar-refractivity contribution is 5.72. The van der Waals surface area contributed by atoms with Gasteiger partial charge in [0.1, 0.15) is 0 Å². The highest BCUT2D eigenvalue weighted by Gasteiger charge is 1.99. The number of rotatable bonds is 7. The first-order chi connectivity index (χ1) is 6.16. The molecule has 13 heavy (non-hydrogen) atoms. The third kappa shape index (κ3) is 9.34. The van der Waals surface area contributed by atoms with Gasteiger partial charge in [-0.1, -0.05) is 13.3 Å². The van der Waals surface area contributed by atoms with Gasteiger partial charge in [-0.15, -0.1) is 0 Å². The van der Waals surface area contributed by atoms with Crippen molar-refractivity contribution in [3.05, 3.63) is 0 Å². The molecule has 0 bridgehead atoms. The summed E-state index contributed by atoms with van der Waals surface area (Å²) < 4.78 is 5.51. The lowest BCUT2D eigenvalue weighted by atomic mass is 10.2. The van der Waals surface area contributed by atoms with Crippen molar-refractivity contribution in [2.75, 3.05) is 13.2 Å². The summed E-state index contributed by atoms with van der Waals surface area (Å²) in [4.78, 5) is 10.5. The van der Waals surface area contributed by atoms with Gasteiger partial charge in [-0.05, 0) is 19.8 Å². The van der Waals surface area contributed by atoms with Crippen LogP contribution < -0.4 is 5.32 Å². The molecule has 3 heteroatoms. The minimum Gasteiger partial charge on any atom is -0.378 e. The monoisotopic (exact) mass is 187 g/mol. The number of carbonyl (C=O) groups excluding carboxylic acids is 1. The van der Waals surface area contributed by atoms with E-state index in [0.29, 0.717) is 12.6 Å². The van der Waals surface area contributed by atoms with Crippen LogP contribution in [-0.2, 0) is 9.53 Å². The third-order valence-electron chi connectivity index (χ3n) is 1.79. The molecule has 0 aromatic heterocycles. The number of nitrogens with one attached hydrogen (secondary N) is 1. The summed E-state index contributed by atoms with van der Waals surface area (Å²) in [5, 5.41) is 2.73. The van der Waals surface area contributed by atoms with E-state index >= 15 is 0 Å². The van der Waals surface area contributed by atoms with Gasteiger partial charge in [0.2, 0.25) is 5.91 Å². The Morgan fingerprint density at radius 3 is 2.77 bits per heavy atom. The van der Waals surface area contributed by atoms with E-state index in [1.54, 1.807) is 0 Å². The fourth-order valence-electron chi connectivity index (χ4n) is 1.11. The normalized spacial score (nSPS) is 12.5. The molecule has 0 spiro atoms. The van der Waals surface area contributed by atoms with Gasteiger partial charge in [-0.25, -0.2) is 0 Å². The molecule has 0 rings (SSSR count). The maximum Gasteiger partial charge on any atom is 0.216 e. The molecule has 3 nitrogen and oxygen atoms in total. The number of hydrogen-bond donors (Lipinski definition) is 1. The number of carbonyl (C=O) groups is 1. The van der Waals surface area contributed by atoms with Gasteiger partial charge in [0, 0.05) is 20.1 Å². The second-order valence-electron chi connectivity index (χ2n) is 3.31. The zero-order valence-electron chi connectivity index (χ0n) is 8.93. The van der Waals surface area contributed by atoms with Gasteiger partial charge in [-0.2, -0.15) is 0 Å². The summed E-state index contributed by atoms with van der Waals surface area (Å²) in [6.07, 6.45) is 3.52. The average Bonchev–Trinajstić information content (AvgIpc) is 2.03. The third-order valence-corrected chi connectivity index (χ3v) is 1.79. The van der Waals surface area contributed by atoms with E-state index in [1.165, 1.54) is 6.92 Å². The Morgan fingerprint density at radius 2 is 2.23 bits per heavy atom. The second kappa shape index (κ2) is 8.05. The van der Waals surface area contributed by atoms with Crippen LogP contribution in [0.2, 0.25) is 0 Å². The fourth-order valence-corrected chi connectivity index (χ4v) is 1.11. The van der Waals surface area contributed by atoms with Crippen LogP contribution in [0, 0.1) is 0 Å². The van der Waals surface area contributed by atoms with Crippen molar-refractivity contribution in [1.29, 1.82) is 0 Å². The molecule has 0 fully saturated rings. The van der Waals surface area contributed by atoms with Gasteiger partial charge < -0.3 is 10.1 Å². The molecule has 0 aliphatic heterocycles. The molecule has 0 unspecified atom stereocenters. The standard InChI is InChI=1S/C10H21NO2/c1-4-6-9(2)13-8-5-7-11-10(3)12/h9H,4-8H2,1-3H3,(H,11,12)/t9-/m0/s1. The maximum absolute atomic E-state index is 10.5.